The van der Waals surface area contributed by atoms with Crippen LogP contribution in [0.25, 0.3) is 0 Å². The molecule has 3 N–H and O–H groups in total. The van der Waals surface area contributed by atoms with Gasteiger partial charge in [0.2, 0.25) is 17.7 Å². The highest BCUT2D eigenvalue weighted by atomic mass is 32.2. The monoisotopic (exact) mass is 463 g/mol. The van der Waals surface area contributed by atoms with Gasteiger partial charge in [0, 0.05) is 42.1 Å². The SMILES string of the molecule is O=C(O)CCNC(=O)CCOCCSc1cccc2c1CN(C1CCC(=O)NC1=O)C2=O. The number of fused-ring (bicyclic) bond motifs is 1. The number of carbonyl (C=O) groups excluding carboxylic acids is 4. The van der Waals surface area contributed by atoms with Gasteiger partial charge in [0.15, 0.2) is 0 Å². The first-order valence-electron chi connectivity index (χ1n) is 10.3. The lowest BCUT2D eigenvalue weighted by Crippen LogP contribution is -2.52. The van der Waals surface area contributed by atoms with Crippen molar-refractivity contribution in [1.82, 2.24) is 15.5 Å². The largest absolute Gasteiger partial charge is 0.481 e. The molecule has 32 heavy (non-hydrogen) atoms. The molecule has 0 aromatic heterocycles. The van der Waals surface area contributed by atoms with Crippen LogP contribution in [0, 0.1) is 0 Å². The number of thioether (sulfide) groups is 1. The lowest BCUT2D eigenvalue weighted by Gasteiger charge is -2.29. The van der Waals surface area contributed by atoms with Crippen LogP contribution in [-0.2, 0) is 30.5 Å². The van der Waals surface area contributed by atoms with Crippen molar-refractivity contribution in [2.75, 3.05) is 25.5 Å². The minimum atomic E-state index is -0.965. The van der Waals surface area contributed by atoms with E-state index in [0.717, 1.165) is 10.5 Å². The van der Waals surface area contributed by atoms with Crippen LogP contribution in [0.3, 0.4) is 0 Å². The van der Waals surface area contributed by atoms with E-state index in [2.05, 4.69) is 10.6 Å². The summed E-state index contributed by atoms with van der Waals surface area (Å²) in [6.45, 7) is 1.05. The Morgan fingerprint density at radius 3 is 2.78 bits per heavy atom. The van der Waals surface area contributed by atoms with Crippen LogP contribution >= 0.6 is 11.8 Å². The van der Waals surface area contributed by atoms with Gasteiger partial charge >= 0.3 is 5.97 Å². The molecule has 1 aromatic rings. The Balaban J connectivity index is 1.44. The summed E-state index contributed by atoms with van der Waals surface area (Å²) in [5.41, 5.74) is 1.43. The van der Waals surface area contributed by atoms with E-state index in [-0.39, 0.29) is 50.1 Å². The number of nitrogens with one attached hydrogen (secondary N) is 2. The number of carbonyl (C=O) groups is 5. The summed E-state index contributed by atoms with van der Waals surface area (Å²) in [6, 6.07) is 4.82. The van der Waals surface area contributed by atoms with Crippen LogP contribution in [0.5, 0.6) is 0 Å². The zero-order valence-corrected chi connectivity index (χ0v) is 18.2. The van der Waals surface area contributed by atoms with Crippen molar-refractivity contribution in [2.24, 2.45) is 0 Å². The third-order valence-electron chi connectivity index (χ3n) is 5.16. The first-order valence-corrected chi connectivity index (χ1v) is 11.3. The van der Waals surface area contributed by atoms with Crippen molar-refractivity contribution in [3.05, 3.63) is 29.3 Å². The molecule has 0 aliphatic carbocycles. The van der Waals surface area contributed by atoms with Gasteiger partial charge < -0.3 is 20.1 Å². The summed E-state index contributed by atoms with van der Waals surface area (Å²) in [5.74, 6) is -1.56. The zero-order valence-electron chi connectivity index (χ0n) is 17.4. The van der Waals surface area contributed by atoms with Crippen molar-refractivity contribution in [3.8, 4) is 0 Å². The molecule has 0 radical (unpaired) electrons. The lowest BCUT2D eigenvalue weighted by molar-refractivity contribution is -0.138. The number of piperidine rings is 1. The molecule has 2 aliphatic heterocycles. The van der Waals surface area contributed by atoms with Crippen LogP contribution in [0.2, 0.25) is 0 Å². The molecule has 1 saturated heterocycles. The molecule has 1 unspecified atom stereocenters. The highest BCUT2D eigenvalue weighted by molar-refractivity contribution is 7.99. The predicted octanol–water partition coefficient (Wildman–Crippen LogP) is 0.537. The van der Waals surface area contributed by atoms with E-state index in [9.17, 15) is 24.0 Å². The minimum absolute atomic E-state index is 0.0949. The van der Waals surface area contributed by atoms with Crippen LogP contribution in [0.1, 0.15) is 41.6 Å². The number of carboxylic acids is 1. The smallest absolute Gasteiger partial charge is 0.305 e. The number of rotatable bonds is 11. The van der Waals surface area contributed by atoms with Crippen LogP contribution in [0.4, 0.5) is 0 Å². The number of benzene rings is 1. The van der Waals surface area contributed by atoms with Crippen molar-refractivity contribution in [1.29, 1.82) is 0 Å². The van der Waals surface area contributed by atoms with Gasteiger partial charge in [0.1, 0.15) is 6.04 Å². The predicted molar refractivity (Wildman–Crippen MR) is 114 cm³/mol. The Morgan fingerprint density at radius 1 is 1.22 bits per heavy atom. The summed E-state index contributed by atoms with van der Waals surface area (Å²) in [4.78, 5) is 60.8. The average molecular weight is 464 g/mol. The molecule has 11 heteroatoms. The number of hydrogen-bond donors (Lipinski definition) is 3. The first kappa shape index (κ1) is 23.7. The molecule has 0 saturated carbocycles. The molecule has 1 atom stereocenters. The van der Waals surface area contributed by atoms with E-state index in [0.29, 0.717) is 30.9 Å². The van der Waals surface area contributed by atoms with Gasteiger partial charge in [-0.25, -0.2) is 0 Å². The van der Waals surface area contributed by atoms with Gasteiger partial charge in [-0.1, -0.05) is 6.07 Å². The highest BCUT2D eigenvalue weighted by Gasteiger charge is 2.39. The third kappa shape index (κ3) is 6.07. The second kappa shape index (κ2) is 11.1. The molecule has 2 aliphatic rings. The summed E-state index contributed by atoms with van der Waals surface area (Å²) in [6.07, 6.45) is 0.576. The summed E-state index contributed by atoms with van der Waals surface area (Å²) < 4.78 is 5.47. The van der Waals surface area contributed by atoms with Crippen molar-refractivity contribution >= 4 is 41.4 Å². The van der Waals surface area contributed by atoms with E-state index in [4.69, 9.17) is 9.84 Å². The Hall–Kier alpha value is -2.92. The topological polar surface area (TPSA) is 142 Å². The average Bonchev–Trinajstić information content (AvgIpc) is 3.07. The molecule has 1 aromatic carbocycles. The van der Waals surface area contributed by atoms with E-state index in [1.807, 2.05) is 6.07 Å². The van der Waals surface area contributed by atoms with Gasteiger partial charge in [-0.05, 0) is 24.1 Å². The number of amides is 4. The molecule has 3 rings (SSSR count). The van der Waals surface area contributed by atoms with Crippen molar-refractivity contribution in [3.63, 3.8) is 0 Å². The molecule has 2 heterocycles. The maximum atomic E-state index is 12.8. The quantitative estimate of drug-likeness (QED) is 0.245. The van der Waals surface area contributed by atoms with Gasteiger partial charge in [-0.2, -0.15) is 0 Å². The van der Waals surface area contributed by atoms with E-state index < -0.39 is 17.9 Å². The number of imide groups is 1. The van der Waals surface area contributed by atoms with E-state index in [1.165, 1.54) is 16.7 Å². The minimum Gasteiger partial charge on any atom is -0.481 e. The Labute approximate surface area is 189 Å². The zero-order chi connectivity index (χ0) is 23.1. The molecule has 0 spiro atoms. The van der Waals surface area contributed by atoms with Crippen molar-refractivity contribution < 1.29 is 33.8 Å². The third-order valence-corrected chi connectivity index (χ3v) is 6.22. The first-order chi connectivity index (χ1) is 15.4. The molecule has 4 amide bonds. The fourth-order valence-electron chi connectivity index (χ4n) is 3.57. The fraction of sp³-hybridized carbons (Fsp3) is 0.476. The van der Waals surface area contributed by atoms with Crippen LogP contribution in [0.15, 0.2) is 23.1 Å². The van der Waals surface area contributed by atoms with Gasteiger partial charge in [-0.15, -0.1) is 11.8 Å². The molecular weight excluding hydrogens is 438 g/mol. The maximum Gasteiger partial charge on any atom is 0.305 e. The second-order valence-corrected chi connectivity index (χ2v) is 8.52. The Morgan fingerprint density at radius 2 is 2.03 bits per heavy atom. The Kier molecular flexibility index (Phi) is 8.23. The second-order valence-electron chi connectivity index (χ2n) is 7.39. The summed E-state index contributed by atoms with van der Waals surface area (Å²) in [7, 11) is 0. The lowest BCUT2D eigenvalue weighted by atomic mass is 10.0. The molecule has 10 nitrogen and oxygen atoms in total. The summed E-state index contributed by atoms with van der Waals surface area (Å²) in [5, 5.41) is 13.3. The Bertz CT molecular complexity index is 921. The highest BCUT2D eigenvalue weighted by Crippen LogP contribution is 2.34. The molecule has 172 valence electrons. The van der Waals surface area contributed by atoms with Crippen LogP contribution < -0.4 is 10.6 Å². The van der Waals surface area contributed by atoms with Gasteiger partial charge in [0.25, 0.3) is 5.91 Å². The van der Waals surface area contributed by atoms with Gasteiger partial charge in [-0.3, -0.25) is 29.3 Å². The maximum absolute atomic E-state index is 12.8. The fourth-order valence-corrected chi connectivity index (χ4v) is 4.51. The van der Waals surface area contributed by atoms with Crippen LogP contribution in [-0.4, -0.2) is 71.2 Å². The number of hydrogen-bond acceptors (Lipinski definition) is 7. The molecule has 0 bridgehead atoms. The number of nitrogens with zero attached hydrogens (tertiary/aromatic N) is 1. The summed E-state index contributed by atoms with van der Waals surface area (Å²) >= 11 is 1.53. The number of ether oxygens (including phenoxy) is 1. The van der Waals surface area contributed by atoms with E-state index in [1.54, 1.807) is 12.1 Å². The molecular formula is C21H25N3O7S. The molecule has 1 fully saturated rings. The van der Waals surface area contributed by atoms with E-state index >= 15 is 0 Å². The standard InChI is InChI=1S/C21H25N3O7S/c25-17(22-8-6-19(27)28)7-9-31-10-11-32-16-3-1-2-13-14(16)12-24(21(13)30)15-4-5-18(26)23-20(15)29/h1-3,15H,4-12H2,(H,22,25)(H,27,28)(H,23,26,29). The number of carboxylic acid groups (broad SMARTS) is 1. The number of aliphatic carboxylic acids is 1. The normalized spacial score (nSPS) is 17.8. The van der Waals surface area contributed by atoms with Crippen molar-refractivity contribution in [2.45, 2.75) is 43.2 Å². The van der Waals surface area contributed by atoms with Gasteiger partial charge in [0.05, 0.1) is 19.6 Å².